The highest BCUT2D eigenvalue weighted by molar-refractivity contribution is 5.79. The van der Waals surface area contributed by atoms with E-state index in [9.17, 15) is 4.79 Å². The van der Waals surface area contributed by atoms with Crippen LogP contribution in [-0.4, -0.2) is 28.3 Å². The van der Waals surface area contributed by atoms with Gasteiger partial charge >= 0.3 is 0 Å². The molecular weight excluding hydrogens is 292 g/mol. The third kappa shape index (κ3) is 5.36. The van der Waals surface area contributed by atoms with E-state index in [0.29, 0.717) is 26.2 Å². The fraction of sp³-hybridized carbons (Fsp3) is 0.706. The number of aromatic nitrogens is 2. The van der Waals surface area contributed by atoms with Crippen LogP contribution in [0, 0.1) is 31.1 Å². The molecule has 1 heterocycles. The van der Waals surface area contributed by atoms with Crippen molar-refractivity contribution >= 4 is 5.91 Å². The van der Waals surface area contributed by atoms with Gasteiger partial charge in [0.05, 0.1) is 18.2 Å². The Balaban J connectivity index is 2.73. The molecule has 0 radical (unpaired) electrons. The number of ether oxygens (including phenoxy) is 1. The van der Waals surface area contributed by atoms with Crippen LogP contribution >= 0.6 is 0 Å². The van der Waals surface area contributed by atoms with Gasteiger partial charge in [-0.25, -0.2) is 4.68 Å². The molecule has 0 aliphatic rings. The smallest absolute Gasteiger partial charge is 0.223 e. The van der Waals surface area contributed by atoms with Crippen LogP contribution in [0.15, 0.2) is 0 Å². The molecule has 23 heavy (non-hydrogen) atoms. The van der Waals surface area contributed by atoms with Crippen LogP contribution in [0.25, 0.3) is 0 Å². The van der Waals surface area contributed by atoms with E-state index in [-0.39, 0.29) is 17.9 Å². The molecule has 0 saturated heterocycles. The van der Waals surface area contributed by atoms with Gasteiger partial charge in [-0.05, 0) is 39.2 Å². The molecular formula is C17H28N4O2. The Morgan fingerprint density at radius 2 is 2.13 bits per heavy atom. The van der Waals surface area contributed by atoms with Crippen LogP contribution in [0.5, 0.6) is 0 Å². The first-order chi connectivity index (χ1) is 10.9. The lowest BCUT2D eigenvalue weighted by molar-refractivity contribution is -0.125. The van der Waals surface area contributed by atoms with Crippen LogP contribution < -0.4 is 5.32 Å². The number of nitriles is 1. The van der Waals surface area contributed by atoms with Crippen molar-refractivity contribution in [2.24, 2.45) is 5.92 Å². The number of aryl methyl sites for hydroxylation is 1. The Bertz CT molecular complexity index is 560. The largest absolute Gasteiger partial charge is 0.360 e. The SMILES string of the molecule is CCOCn1nc(C)c(C[C@H](C)C(=O)N[C@@H](CC)CC#N)c1C. The molecule has 128 valence electrons. The third-order valence-electron chi connectivity index (χ3n) is 4.08. The van der Waals surface area contributed by atoms with Crippen LogP contribution in [-0.2, 0) is 22.7 Å². The number of nitrogens with zero attached hydrogens (tertiary/aromatic N) is 3. The lowest BCUT2D eigenvalue weighted by atomic mass is 9.98. The summed E-state index contributed by atoms with van der Waals surface area (Å²) in [6, 6.07) is 2.04. The molecule has 1 N–H and O–H groups in total. The van der Waals surface area contributed by atoms with E-state index in [0.717, 1.165) is 23.4 Å². The van der Waals surface area contributed by atoms with Crippen molar-refractivity contribution in [1.82, 2.24) is 15.1 Å². The Labute approximate surface area is 138 Å². The summed E-state index contributed by atoms with van der Waals surface area (Å²) in [7, 11) is 0. The summed E-state index contributed by atoms with van der Waals surface area (Å²) < 4.78 is 7.24. The lowest BCUT2D eigenvalue weighted by Gasteiger charge is -2.18. The van der Waals surface area contributed by atoms with Crippen molar-refractivity contribution in [3.05, 3.63) is 17.0 Å². The number of carbonyl (C=O) groups is 1. The van der Waals surface area contributed by atoms with Crippen molar-refractivity contribution in [2.75, 3.05) is 6.61 Å². The molecule has 0 fully saturated rings. The Morgan fingerprint density at radius 1 is 1.43 bits per heavy atom. The Morgan fingerprint density at radius 3 is 2.70 bits per heavy atom. The van der Waals surface area contributed by atoms with Gasteiger partial charge in [0.25, 0.3) is 0 Å². The van der Waals surface area contributed by atoms with Gasteiger partial charge in [0.1, 0.15) is 6.73 Å². The van der Waals surface area contributed by atoms with Crippen molar-refractivity contribution in [3.8, 4) is 6.07 Å². The molecule has 0 aliphatic carbocycles. The van der Waals surface area contributed by atoms with Gasteiger partial charge in [0.15, 0.2) is 0 Å². The van der Waals surface area contributed by atoms with E-state index in [1.807, 2.05) is 39.3 Å². The topological polar surface area (TPSA) is 79.9 Å². The maximum atomic E-state index is 12.3. The molecule has 2 atom stereocenters. The number of rotatable bonds is 9. The number of hydrogen-bond donors (Lipinski definition) is 1. The van der Waals surface area contributed by atoms with E-state index < -0.39 is 0 Å². The zero-order chi connectivity index (χ0) is 17.4. The first kappa shape index (κ1) is 19.2. The molecule has 6 heteroatoms. The summed E-state index contributed by atoms with van der Waals surface area (Å²) in [6.07, 6.45) is 1.74. The zero-order valence-corrected chi connectivity index (χ0v) is 14.8. The monoisotopic (exact) mass is 320 g/mol. The minimum Gasteiger partial charge on any atom is -0.360 e. The van der Waals surface area contributed by atoms with E-state index >= 15 is 0 Å². The first-order valence-electron chi connectivity index (χ1n) is 8.22. The van der Waals surface area contributed by atoms with Crippen LogP contribution in [0.4, 0.5) is 0 Å². The van der Waals surface area contributed by atoms with Gasteiger partial charge in [0, 0.05) is 24.3 Å². The number of amides is 1. The summed E-state index contributed by atoms with van der Waals surface area (Å²) in [4.78, 5) is 12.3. The molecule has 1 aromatic rings. The van der Waals surface area contributed by atoms with Crippen LogP contribution in [0.2, 0.25) is 0 Å². The van der Waals surface area contributed by atoms with E-state index in [1.54, 1.807) is 0 Å². The quantitative estimate of drug-likeness (QED) is 0.758. The second kappa shape index (κ2) is 9.31. The van der Waals surface area contributed by atoms with E-state index in [1.165, 1.54) is 0 Å². The first-order valence-corrected chi connectivity index (χ1v) is 8.22. The number of hydrogen-bond acceptors (Lipinski definition) is 4. The second-order valence-electron chi connectivity index (χ2n) is 5.85. The van der Waals surface area contributed by atoms with Crippen molar-refractivity contribution < 1.29 is 9.53 Å². The molecule has 1 amide bonds. The molecule has 6 nitrogen and oxygen atoms in total. The average molecular weight is 320 g/mol. The fourth-order valence-electron chi connectivity index (χ4n) is 2.48. The van der Waals surface area contributed by atoms with Crippen LogP contribution in [0.3, 0.4) is 0 Å². The van der Waals surface area contributed by atoms with Crippen LogP contribution in [0.1, 0.15) is 50.6 Å². The van der Waals surface area contributed by atoms with Gasteiger partial charge in [-0.1, -0.05) is 13.8 Å². The molecule has 0 spiro atoms. The van der Waals surface area contributed by atoms with Crippen molar-refractivity contribution in [3.63, 3.8) is 0 Å². The fourth-order valence-corrected chi connectivity index (χ4v) is 2.48. The predicted octanol–water partition coefficient (Wildman–Crippen LogP) is 2.48. The van der Waals surface area contributed by atoms with Gasteiger partial charge in [-0.2, -0.15) is 10.4 Å². The number of nitrogens with one attached hydrogen (secondary N) is 1. The summed E-state index contributed by atoms with van der Waals surface area (Å²) in [5.74, 6) is -0.173. The predicted molar refractivity (Wildman–Crippen MR) is 88.6 cm³/mol. The summed E-state index contributed by atoms with van der Waals surface area (Å²) in [5, 5.41) is 16.2. The normalized spacial score (nSPS) is 13.4. The minimum absolute atomic E-state index is 0.0107. The van der Waals surface area contributed by atoms with Gasteiger partial charge in [0.2, 0.25) is 5.91 Å². The molecule has 0 unspecified atom stereocenters. The average Bonchev–Trinajstić information content (AvgIpc) is 2.79. The van der Waals surface area contributed by atoms with Gasteiger partial charge < -0.3 is 10.1 Å². The lowest BCUT2D eigenvalue weighted by Crippen LogP contribution is -2.38. The third-order valence-corrected chi connectivity index (χ3v) is 4.08. The molecule has 0 saturated carbocycles. The highest BCUT2D eigenvalue weighted by atomic mass is 16.5. The second-order valence-corrected chi connectivity index (χ2v) is 5.85. The van der Waals surface area contributed by atoms with Crippen molar-refractivity contribution in [2.45, 2.75) is 66.7 Å². The zero-order valence-electron chi connectivity index (χ0n) is 14.8. The summed E-state index contributed by atoms with van der Waals surface area (Å²) in [6.45, 7) is 10.9. The summed E-state index contributed by atoms with van der Waals surface area (Å²) >= 11 is 0. The van der Waals surface area contributed by atoms with Crippen molar-refractivity contribution in [1.29, 1.82) is 5.26 Å². The van der Waals surface area contributed by atoms with Gasteiger partial charge in [-0.15, -0.1) is 0 Å². The van der Waals surface area contributed by atoms with E-state index in [4.69, 9.17) is 10.00 Å². The Hall–Kier alpha value is -1.87. The summed E-state index contributed by atoms with van der Waals surface area (Å²) in [5.41, 5.74) is 3.08. The highest BCUT2D eigenvalue weighted by Gasteiger charge is 2.21. The molecule has 0 bridgehead atoms. The minimum atomic E-state index is -0.162. The maximum Gasteiger partial charge on any atom is 0.223 e. The molecule has 1 rings (SSSR count). The Kier molecular flexibility index (Phi) is 7.76. The number of carbonyl (C=O) groups excluding carboxylic acids is 1. The maximum absolute atomic E-state index is 12.3. The van der Waals surface area contributed by atoms with Gasteiger partial charge in [-0.3, -0.25) is 4.79 Å². The molecule has 0 aliphatic heterocycles. The molecule has 0 aromatic carbocycles. The standard InChI is InChI=1S/C17H28N4O2/c1-6-15(8-9-18)19-17(22)12(3)10-16-13(4)20-21(14(16)5)11-23-7-2/h12,15H,6-8,10-11H2,1-5H3,(H,19,22)/t12-,15-/m0/s1. The highest BCUT2D eigenvalue weighted by Crippen LogP contribution is 2.18. The molecule has 1 aromatic heterocycles. The van der Waals surface area contributed by atoms with E-state index in [2.05, 4.69) is 16.5 Å².